The minimum Gasteiger partial charge on any atom is -0.353 e. The van der Waals surface area contributed by atoms with Gasteiger partial charge in [0, 0.05) is 30.8 Å². The number of hydrogen-bond donors (Lipinski definition) is 2. The SMILES string of the molecule is NC1CCC(C(=O)NC2CC(F)(F)C2)C1. The van der Waals surface area contributed by atoms with Gasteiger partial charge in [0.25, 0.3) is 5.92 Å². The van der Waals surface area contributed by atoms with Gasteiger partial charge in [-0.1, -0.05) is 0 Å². The van der Waals surface area contributed by atoms with Crippen LogP contribution in [0.4, 0.5) is 8.78 Å². The van der Waals surface area contributed by atoms with Gasteiger partial charge in [0.1, 0.15) is 0 Å². The third kappa shape index (κ3) is 2.45. The smallest absolute Gasteiger partial charge is 0.252 e. The summed E-state index contributed by atoms with van der Waals surface area (Å²) in [5.41, 5.74) is 5.68. The van der Waals surface area contributed by atoms with E-state index in [1.807, 2.05) is 0 Å². The highest BCUT2D eigenvalue weighted by Gasteiger charge is 2.46. The van der Waals surface area contributed by atoms with Gasteiger partial charge in [-0.15, -0.1) is 0 Å². The normalized spacial score (nSPS) is 34.9. The van der Waals surface area contributed by atoms with Crippen LogP contribution in [0.5, 0.6) is 0 Å². The zero-order valence-electron chi connectivity index (χ0n) is 8.51. The molecule has 2 rings (SSSR count). The molecule has 3 nitrogen and oxygen atoms in total. The Bertz CT molecular complexity index is 262. The molecule has 2 unspecified atom stereocenters. The summed E-state index contributed by atoms with van der Waals surface area (Å²) in [5, 5.41) is 2.66. The lowest BCUT2D eigenvalue weighted by Crippen LogP contribution is -2.51. The van der Waals surface area contributed by atoms with E-state index in [4.69, 9.17) is 5.73 Å². The number of rotatable bonds is 2. The quantitative estimate of drug-likeness (QED) is 0.727. The highest BCUT2D eigenvalue weighted by molar-refractivity contribution is 5.79. The van der Waals surface area contributed by atoms with Crippen molar-refractivity contribution in [1.82, 2.24) is 5.32 Å². The summed E-state index contributed by atoms with van der Waals surface area (Å²) in [6, 6.07) is -0.229. The zero-order chi connectivity index (χ0) is 11.1. The van der Waals surface area contributed by atoms with Crippen LogP contribution in [0.15, 0.2) is 0 Å². The first-order valence-corrected chi connectivity index (χ1v) is 5.40. The van der Waals surface area contributed by atoms with Crippen LogP contribution in [0.1, 0.15) is 32.1 Å². The summed E-state index contributed by atoms with van der Waals surface area (Å²) in [6.07, 6.45) is 1.92. The lowest BCUT2D eigenvalue weighted by molar-refractivity contribution is -0.132. The molecule has 0 saturated heterocycles. The molecule has 1 amide bonds. The molecule has 0 aromatic carbocycles. The standard InChI is InChI=1S/C10H16F2N2O/c11-10(12)4-8(5-10)14-9(15)6-1-2-7(13)3-6/h6-8H,1-5,13H2,(H,14,15). The van der Waals surface area contributed by atoms with Crippen molar-refractivity contribution in [3.8, 4) is 0 Å². The molecule has 2 fully saturated rings. The van der Waals surface area contributed by atoms with E-state index >= 15 is 0 Å². The molecule has 0 bridgehead atoms. The minimum atomic E-state index is -2.57. The van der Waals surface area contributed by atoms with Gasteiger partial charge >= 0.3 is 0 Å². The van der Waals surface area contributed by atoms with E-state index in [0.29, 0.717) is 6.42 Å². The van der Waals surface area contributed by atoms with Crippen LogP contribution in [0, 0.1) is 5.92 Å². The predicted octanol–water partition coefficient (Wildman–Crippen LogP) is 1.03. The summed E-state index contributed by atoms with van der Waals surface area (Å²) in [5.74, 6) is -2.72. The molecular formula is C10H16F2N2O. The number of carbonyl (C=O) groups excluding carboxylic acids is 1. The molecular weight excluding hydrogens is 202 g/mol. The van der Waals surface area contributed by atoms with Crippen LogP contribution in [0.25, 0.3) is 0 Å². The molecule has 0 spiro atoms. The fourth-order valence-electron chi connectivity index (χ4n) is 2.34. The molecule has 2 atom stereocenters. The van der Waals surface area contributed by atoms with E-state index in [1.165, 1.54) is 0 Å². The molecule has 0 aromatic rings. The fraction of sp³-hybridized carbons (Fsp3) is 0.900. The Balaban J connectivity index is 1.74. The Morgan fingerprint density at radius 3 is 2.47 bits per heavy atom. The molecule has 0 aliphatic heterocycles. The van der Waals surface area contributed by atoms with Crippen molar-refractivity contribution < 1.29 is 13.6 Å². The molecule has 2 saturated carbocycles. The van der Waals surface area contributed by atoms with Crippen molar-refractivity contribution in [1.29, 1.82) is 0 Å². The van der Waals surface area contributed by atoms with E-state index < -0.39 is 5.92 Å². The van der Waals surface area contributed by atoms with E-state index in [0.717, 1.165) is 12.8 Å². The second kappa shape index (κ2) is 3.70. The van der Waals surface area contributed by atoms with Crippen LogP contribution in [0.2, 0.25) is 0 Å². The van der Waals surface area contributed by atoms with E-state index in [-0.39, 0.29) is 36.8 Å². The summed E-state index contributed by atoms with van der Waals surface area (Å²) in [6.45, 7) is 0. The van der Waals surface area contributed by atoms with Gasteiger partial charge in [0.15, 0.2) is 0 Å². The predicted molar refractivity (Wildman–Crippen MR) is 51.4 cm³/mol. The average Bonchev–Trinajstić information content (AvgIpc) is 2.48. The Kier molecular flexibility index (Phi) is 2.66. The highest BCUT2D eigenvalue weighted by atomic mass is 19.3. The van der Waals surface area contributed by atoms with E-state index in [1.54, 1.807) is 0 Å². The van der Waals surface area contributed by atoms with Gasteiger partial charge in [-0.3, -0.25) is 4.79 Å². The van der Waals surface area contributed by atoms with Crippen LogP contribution in [-0.2, 0) is 4.79 Å². The molecule has 0 heterocycles. The third-order valence-electron chi connectivity index (χ3n) is 3.28. The number of nitrogens with two attached hydrogens (primary N) is 1. The molecule has 2 aliphatic rings. The number of nitrogens with one attached hydrogen (secondary N) is 1. The summed E-state index contributed by atoms with van der Waals surface area (Å²) >= 11 is 0. The highest BCUT2D eigenvalue weighted by Crippen LogP contribution is 2.37. The van der Waals surface area contributed by atoms with Crippen LogP contribution in [-0.4, -0.2) is 23.9 Å². The van der Waals surface area contributed by atoms with Crippen molar-refractivity contribution in [2.24, 2.45) is 11.7 Å². The second-order valence-corrected chi connectivity index (χ2v) is 4.74. The summed E-state index contributed by atoms with van der Waals surface area (Å²) in [4.78, 5) is 11.6. The molecule has 0 radical (unpaired) electrons. The van der Waals surface area contributed by atoms with Gasteiger partial charge in [-0.05, 0) is 19.3 Å². The molecule has 15 heavy (non-hydrogen) atoms. The van der Waals surface area contributed by atoms with Gasteiger partial charge in [-0.25, -0.2) is 8.78 Å². The minimum absolute atomic E-state index is 0.0609. The van der Waals surface area contributed by atoms with E-state index in [9.17, 15) is 13.6 Å². The molecule has 0 aromatic heterocycles. The lowest BCUT2D eigenvalue weighted by Gasteiger charge is -2.35. The lowest BCUT2D eigenvalue weighted by atomic mass is 9.87. The maximum atomic E-state index is 12.5. The number of alkyl halides is 2. The molecule has 2 aliphatic carbocycles. The van der Waals surface area contributed by atoms with Gasteiger partial charge in [-0.2, -0.15) is 0 Å². The molecule has 3 N–H and O–H groups in total. The summed E-state index contributed by atoms with van der Waals surface area (Å²) < 4.78 is 25.0. The first kappa shape index (κ1) is 10.8. The first-order chi connectivity index (χ1) is 6.96. The van der Waals surface area contributed by atoms with Crippen molar-refractivity contribution >= 4 is 5.91 Å². The monoisotopic (exact) mass is 218 g/mol. The topological polar surface area (TPSA) is 55.1 Å². The van der Waals surface area contributed by atoms with Crippen LogP contribution in [0.3, 0.4) is 0 Å². The van der Waals surface area contributed by atoms with Crippen molar-refractivity contribution in [3.05, 3.63) is 0 Å². The number of hydrogen-bond acceptors (Lipinski definition) is 2. The third-order valence-corrected chi connectivity index (χ3v) is 3.28. The average molecular weight is 218 g/mol. The maximum Gasteiger partial charge on any atom is 0.252 e. The first-order valence-electron chi connectivity index (χ1n) is 5.40. The Hall–Kier alpha value is -0.710. The van der Waals surface area contributed by atoms with Crippen LogP contribution >= 0.6 is 0 Å². The Labute approximate surface area is 87.4 Å². The van der Waals surface area contributed by atoms with Gasteiger partial charge in [0.05, 0.1) is 0 Å². The number of amides is 1. The Morgan fingerprint density at radius 1 is 1.33 bits per heavy atom. The zero-order valence-corrected chi connectivity index (χ0v) is 8.51. The van der Waals surface area contributed by atoms with Crippen molar-refractivity contribution in [2.75, 3.05) is 0 Å². The fourth-order valence-corrected chi connectivity index (χ4v) is 2.34. The van der Waals surface area contributed by atoms with Gasteiger partial charge in [0.2, 0.25) is 5.91 Å². The Morgan fingerprint density at radius 2 is 2.00 bits per heavy atom. The van der Waals surface area contributed by atoms with Crippen LogP contribution < -0.4 is 11.1 Å². The maximum absolute atomic E-state index is 12.5. The molecule has 86 valence electrons. The number of carbonyl (C=O) groups is 1. The van der Waals surface area contributed by atoms with Gasteiger partial charge < -0.3 is 11.1 Å². The summed E-state index contributed by atoms with van der Waals surface area (Å²) in [7, 11) is 0. The largest absolute Gasteiger partial charge is 0.353 e. The van der Waals surface area contributed by atoms with Crippen molar-refractivity contribution in [2.45, 2.75) is 50.1 Å². The molecule has 5 heteroatoms. The van der Waals surface area contributed by atoms with Crippen molar-refractivity contribution in [3.63, 3.8) is 0 Å². The second-order valence-electron chi connectivity index (χ2n) is 4.74. The number of halogens is 2. The van der Waals surface area contributed by atoms with E-state index in [2.05, 4.69) is 5.32 Å².